The third kappa shape index (κ3) is 6.88. The van der Waals surface area contributed by atoms with Gasteiger partial charge in [0.15, 0.2) is 0 Å². The highest BCUT2D eigenvalue weighted by atomic mass is 35.5. The van der Waals surface area contributed by atoms with Crippen molar-refractivity contribution in [2.45, 2.75) is 37.2 Å². The maximum Gasteiger partial charge on any atom is 0.407 e. The van der Waals surface area contributed by atoms with E-state index in [2.05, 4.69) is 0 Å². The average molecular weight is 617 g/mol. The van der Waals surface area contributed by atoms with Crippen LogP contribution in [0.3, 0.4) is 0 Å². The Kier molecular flexibility index (Phi) is 9.48. The highest BCUT2D eigenvalue weighted by Gasteiger charge is 2.34. The maximum absolute atomic E-state index is 15.2. The number of nitrogens with zero attached hydrogens (tertiary/aromatic N) is 2. The van der Waals surface area contributed by atoms with E-state index in [9.17, 15) is 27.1 Å². The van der Waals surface area contributed by atoms with Gasteiger partial charge in [0.25, 0.3) is 10.0 Å². The lowest BCUT2D eigenvalue weighted by Crippen LogP contribution is -2.36. The van der Waals surface area contributed by atoms with Crippen LogP contribution in [0, 0.1) is 17.5 Å². The van der Waals surface area contributed by atoms with E-state index in [-0.39, 0.29) is 40.1 Å². The highest BCUT2D eigenvalue weighted by molar-refractivity contribution is 7.92. The molecule has 1 unspecified atom stereocenters. The Balaban J connectivity index is 1.80. The van der Waals surface area contributed by atoms with Gasteiger partial charge in [-0.2, -0.15) is 0 Å². The van der Waals surface area contributed by atoms with Crippen LogP contribution < -0.4 is 4.31 Å². The lowest BCUT2D eigenvalue weighted by molar-refractivity contribution is 0.139. The van der Waals surface area contributed by atoms with E-state index >= 15 is 4.39 Å². The highest BCUT2D eigenvalue weighted by Crippen LogP contribution is 2.37. The average Bonchev–Trinajstić information content (AvgIpc) is 2.95. The summed E-state index contributed by atoms with van der Waals surface area (Å²) >= 11 is 5.94. The third-order valence-electron chi connectivity index (χ3n) is 6.92. The zero-order valence-electron chi connectivity index (χ0n) is 22.7. The predicted molar refractivity (Wildman–Crippen MR) is 156 cm³/mol. The van der Waals surface area contributed by atoms with Crippen molar-refractivity contribution in [1.82, 2.24) is 4.90 Å². The molecular weight excluding hydrogens is 589 g/mol. The molecule has 1 amide bonds. The molecule has 1 N–H and O–H groups in total. The van der Waals surface area contributed by atoms with E-state index < -0.39 is 45.3 Å². The molecule has 0 heterocycles. The minimum absolute atomic E-state index is 0.0645. The SMILES string of the molecule is CC(CN(Cc1cc(F)ccc1[C@@H](C)N(c1cc(F)ccc1F)S(=O)(=O)c1ccc(Cl)cc1)C(=O)O)c1ccccc1. The van der Waals surface area contributed by atoms with Crippen molar-refractivity contribution in [3.8, 4) is 0 Å². The number of hydrogen-bond acceptors (Lipinski definition) is 3. The number of sulfonamides is 1. The minimum Gasteiger partial charge on any atom is -0.465 e. The molecule has 4 rings (SSSR count). The molecule has 4 aromatic rings. The molecule has 0 aromatic heterocycles. The molecular formula is C31H28ClF3N2O4S. The van der Waals surface area contributed by atoms with Gasteiger partial charge in [0.2, 0.25) is 0 Å². The van der Waals surface area contributed by atoms with Crippen molar-refractivity contribution < 1.29 is 31.5 Å². The van der Waals surface area contributed by atoms with Gasteiger partial charge in [0.05, 0.1) is 16.6 Å². The van der Waals surface area contributed by atoms with Crippen molar-refractivity contribution in [3.63, 3.8) is 0 Å². The Bertz CT molecular complexity index is 1670. The zero-order chi connectivity index (χ0) is 30.6. The van der Waals surface area contributed by atoms with Crippen LogP contribution in [0.4, 0.5) is 23.7 Å². The van der Waals surface area contributed by atoms with E-state index in [4.69, 9.17) is 11.6 Å². The lowest BCUT2D eigenvalue weighted by atomic mass is 9.98. The number of halogens is 4. The molecule has 0 radical (unpaired) electrons. The van der Waals surface area contributed by atoms with Gasteiger partial charge in [-0.05, 0) is 78.1 Å². The molecule has 0 aliphatic heterocycles. The second-order valence-corrected chi connectivity index (χ2v) is 12.1. The quantitative estimate of drug-likeness (QED) is 0.196. The fourth-order valence-electron chi connectivity index (χ4n) is 4.80. The van der Waals surface area contributed by atoms with Gasteiger partial charge in [0.1, 0.15) is 17.5 Å². The molecule has 0 aliphatic rings. The van der Waals surface area contributed by atoms with Crippen LogP contribution in [-0.4, -0.2) is 31.1 Å². The lowest BCUT2D eigenvalue weighted by Gasteiger charge is -2.33. The number of anilines is 1. The minimum atomic E-state index is -4.54. The summed E-state index contributed by atoms with van der Waals surface area (Å²) in [6.07, 6.45) is -1.26. The fraction of sp³-hybridized carbons (Fsp3) is 0.194. The number of carbonyl (C=O) groups is 1. The molecule has 4 aromatic carbocycles. The smallest absolute Gasteiger partial charge is 0.407 e. The number of amides is 1. The van der Waals surface area contributed by atoms with Crippen molar-refractivity contribution in [1.29, 1.82) is 0 Å². The Morgan fingerprint density at radius 1 is 0.881 bits per heavy atom. The molecule has 0 aliphatic carbocycles. The zero-order valence-corrected chi connectivity index (χ0v) is 24.3. The first-order valence-corrected chi connectivity index (χ1v) is 14.8. The summed E-state index contributed by atoms with van der Waals surface area (Å²) in [4.78, 5) is 13.1. The molecule has 11 heteroatoms. The predicted octanol–water partition coefficient (Wildman–Crippen LogP) is 8.00. The normalized spacial score (nSPS) is 12.9. The number of benzene rings is 4. The Labute approximate surface area is 247 Å². The summed E-state index contributed by atoms with van der Waals surface area (Å²) in [6.45, 7) is 3.07. The maximum atomic E-state index is 15.2. The molecule has 6 nitrogen and oxygen atoms in total. The standard InChI is InChI=1S/C31H28ClF3N2O4S/c1-20(22-6-4-3-5-7-22)18-36(31(38)39)19-23-16-25(33)10-14-28(23)21(2)37(30-17-26(34)11-15-29(30)35)42(40,41)27-12-8-24(32)9-13-27/h3-17,20-21H,18-19H2,1-2H3,(H,38,39)/t20?,21-/m1/s1. The summed E-state index contributed by atoms with van der Waals surface area (Å²) in [6, 6.07) is 19.2. The molecule has 2 atom stereocenters. The Morgan fingerprint density at radius 3 is 2.14 bits per heavy atom. The van der Waals surface area contributed by atoms with E-state index in [1.165, 1.54) is 37.3 Å². The van der Waals surface area contributed by atoms with Crippen LogP contribution >= 0.6 is 11.6 Å². The fourth-order valence-corrected chi connectivity index (χ4v) is 6.56. The van der Waals surface area contributed by atoms with Gasteiger partial charge >= 0.3 is 6.09 Å². The van der Waals surface area contributed by atoms with Gasteiger partial charge in [-0.15, -0.1) is 0 Å². The molecule has 0 saturated carbocycles. The first kappa shape index (κ1) is 30.9. The number of hydrogen-bond donors (Lipinski definition) is 1. The molecule has 42 heavy (non-hydrogen) atoms. The van der Waals surface area contributed by atoms with E-state index in [0.29, 0.717) is 4.31 Å². The van der Waals surface area contributed by atoms with Gasteiger partial charge in [0, 0.05) is 24.2 Å². The number of rotatable bonds is 10. The van der Waals surface area contributed by atoms with Crippen LogP contribution in [0.1, 0.15) is 42.5 Å². The van der Waals surface area contributed by atoms with Crippen LogP contribution in [-0.2, 0) is 16.6 Å². The van der Waals surface area contributed by atoms with Crippen molar-refractivity contribution >= 4 is 33.4 Å². The van der Waals surface area contributed by atoms with Crippen LogP contribution in [0.15, 0.2) is 95.9 Å². The van der Waals surface area contributed by atoms with E-state index in [1.807, 2.05) is 37.3 Å². The van der Waals surface area contributed by atoms with Crippen molar-refractivity contribution in [2.24, 2.45) is 0 Å². The first-order valence-electron chi connectivity index (χ1n) is 12.9. The third-order valence-corrected chi connectivity index (χ3v) is 9.07. The second kappa shape index (κ2) is 12.9. The summed E-state index contributed by atoms with van der Waals surface area (Å²) in [5.41, 5.74) is 0.702. The van der Waals surface area contributed by atoms with E-state index in [0.717, 1.165) is 40.8 Å². The van der Waals surface area contributed by atoms with Crippen LogP contribution in [0.2, 0.25) is 5.02 Å². The summed E-state index contributed by atoms with van der Waals surface area (Å²) in [7, 11) is -4.54. The van der Waals surface area contributed by atoms with Crippen molar-refractivity contribution in [2.75, 3.05) is 10.8 Å². The number of carboxylic acid groups (broad SMARTS) is 1. The largest absolute Gasteiger partial charge is 0.465 e. The molecule has 220 valence electrons. The topological polar surface area (TPSA) is 77.9 Å². The Morgan fingerprint density at radius 2 is 1.50 bits per heavy atom. The second-order valence-electron chi connectivity index (χ2n) is 9.84. The monoisotopic (exact) mass is 616 g/mol. The Hall–Kier alpha value is -4.02. The van der Waals surface area contributed by atoms with E-state index in [1.54, 1.807) is 0 Å². The molecule has 0 bridgehead atoms. The summed E-state index contributed by atoms with van der Waals surface area (Å²) < 4.78 is 72.7. The molecule has 0 spiro atoms. The summed E-state index contributed by atoms with van der Waals surface area (Å²) in [5.74, 6) is -2.76. The molecule has 0 fully saturated rings. The van der Waals surface area contributed by atoms with Crippen molar-refractivity contribution in [3.05, 3.63) is 130 Å². The summed E-state index contributed by atoms with van der Waals surface area (Å²) in [5, 5.41) is 10.3. The van der Waals surface area contributed by atoms with Gasteiger partial charge < -0.3 is 10.0 Å². The van der Waals surface area contributed by atoms with Crippen LogP contribution in [0.5, 0.6) is 0 Å². The van der Waals surface area contributed by atoms with Crippen LogP contribution in [0.25, 0.3) is 0 Å². The molecule has 0 saturated heterocycles. The van der Waals surface area contributed by atoms with Gasteiger partial charge in [-0.1, -0.05) is 54.9 Å². The first-order chi connectivity index (χ1) is 19.9. The van der Waals surface area contributed by atoms with Gasteiger partial charge in [-0.3, -0.25) is 4.31 Å². The van der Waals surface area contributed by atoms with Gasteiger partial charge in [-0.25, -0.2) is 26.4 Å².